The Bertz CT molecular complexity index is 904. The fourth-order valence-corrected chi connectivity index (χ4v) is 2.41. The van der Waals surface area contributed by atoms with Gasteiger partial charge in [0.1, 0.15) is 5.82 Å². The maximum atomic E-state index is 13.0. The van der Waals surface area contributed by atoms with E-state index in [1.54, 1.807) is 24.3 Å². The van der Waals surface area contributed by atoms with Crippen molar-refractivity contribution in [2.24, 2.45) is 0 Å². The van der Waals surface area contributed by atoms with Gasteiger partial charge in [0.25, 0.3) is 11.8 Å². The fourth-order valence-electron chi connectivity index (χ4n) is 2.41. The van der Waals surface area contributed by atoms with E-state index in [-0.39, 0.29) is 24.6 Å². The molecule has 1 amide bonds. The van der Waals surface area contributed by atoms with Gasteiger partial charge in [-0.25, -0.2) is 18.3 Å². The van der Waals surface area contributed by atoms with Gasteiger partial charge in [-0.3, -0.25) is 4.79 Å². The zero-order valence-electron chi connectivity index (χ0n) is 12.2. The van der Waals surface area contributed by atoms with E-state index < -0.39 is 11.8 Å². The van der Waals surface area contributed by atoms with Gasteiger partial charge in [0.05, 0.1) is 19.3 Å². The zero-order chi connectivity index (χ0) is 16.7. The van der Waals surface area contributed by atoms with Crippen LogP contribution in [0.25, 0.3) is 5.65 Å². The lowest BCUT2D eigenvalue weighted by molar-refractivity contribution is -0.0268. The highest BCUT2D eigenvalue weighted by atomic mass is 19.3. The third-order valence-corrected chi connectivity index (χ3v) is 3.56. The first-order valence-corrected chi connectivity index (χ1v) is 7.08. The van der Waals surface area contributed by atoms with Crippen LogP contribution in [-0.4, -0.2) is 49.7 Å². The first-order chi connectivity index (χ1) is 11.5. The highest BCUT2D eigenvalue weighted by molar-refractivity contribution is 6.02. The van der Waals surface area contributed by atoms with Gasteiger partial charge >= 0.3 is 0 Å². The molecule has 3 aromatic heterocycles. The highest BCUT2D eigenvalue weighted by Gasteiger charge is 2.44. The van der Waals surface area contributed by atoms with Crippen LogP contribution < -0.4 is 10.2 Å². The molecule has 1 aliphatic heterocycles. The number of aromatic nitrogens is 5. The number of hydrogen-bond donors (Lipinski definition) is 1. The quantitative estimate of drug-likeness (QED) is 0.776. The predicted molar refractivity (Wildman–Crippen MR) is 80.1 cm³/mol. The van der Waals surface area contributed by atoms with Crippen LogP contribution in [0.3, 0.4) is 0 Å². The summed E-state index contributed by atoms with van der Waals surface area (Å²) in [5.41, 5.74) is 0.611. The number of alkyl halides is 2. The van der Waals surface area contributed by atoms with Crippen molar-refractivity contribution in [2.45, 2.75) is 5.92 Å². The minimum absolute atomic E-state index is 0.171. The summed E-state index contributed by atoms with van der Waals surface area (Å²) < 4.78 is 27.3. The molecule has 1 fully saturated rings. The topological polar surface area (TPSA) is 88.3 Å². The van der Waals surface area contributed by atoms with Gasteiger partial charge in [-0.05, 0) is 24.3 Å². The molecule has 0 atom stereocenters. The number of nitrogens with one attached hydrogen (secondary N) is 1. The SMILES string of the molecule is O=C(Nc1cccnn1)c1cnc2ccc(N3CC(F)(F)C3)nn12. The molecule has 4 heterocycles. The molecule has 0 saturated carbocycles. The van der Waals surface area contributed by atoms with Crippen molar-refractivity contribution >= 4 is 23.2 Å². The molecule has 10 heteroatoms. The molecule has 1 N–H and O–H groups in total. The lowest BCUT2D eigenvalue weighted by Gasteiger charge is -2.39. The summed E-state index contributed by atoms with van der Waals surface area (Å²) in [6.45, 7) is -0.775. The normalized spacial score (nSPS) is 16.0. The van der Waals surface area contributed by atoms with Crippen LogP contribution in [0.1, 0.15) is 10.5 Å². The van der Waals surface area contributed by atoms with E-state index in [4.69, 9.17) is 0 Å². The van der Waals surface area contributed by atoms with Crippen LogP contribution in [0.4, 0.5) is 20.4 Å². The van der Waals surface area contributed by atoms with E-state index in [0.717, 1.165) is 0 Å². The molecule has 0 spiro atoms. The summed E-state index contributed by atoms with van der Waals surface area (Å²) in [5.74, 6) is -2.52. The van der Waals surface area contributed by atoms with Crippen LogP contribution in [0.15, 0.2) is 36.7 Å². The van der Waals surface area contributed by atoms with Crippen molar-refractivity contribution in [2.75, 3.05) is 23.3 Å². The van der Waals surface area contributed by atoms with E-state index in [2.05, 4.69) is 25.6 Å². The fraction of sp³-hybridized carbons (Fsp3) is 0.214. The van der Waals surface area contributed by atoms with Crippen molar-refractivity contribution in [3.63, 3.8) is 0 Å². The van der Waals surface area contributed by atoms with Gasteiger partial charge < -0.3 is 10.2 Å². The number of nitrogens with zero attached hydrogens (tertiary/aromatic N) is 6. The van der Waals surface area contributed by atoms with E-state index in [9.17, 15) is 13.6 Å². The Labute approximate surface area is 134 Å². The van der Waals surface area contributed by atoms with E-state index in [1.807, 2.05) is 0 Å². The first-order valence-electron chi connectivity index (χ1n) is 7.08. The number of amides is 1. The molecule has 122 valence electrons. The Hall–Kier alpha value is -3.17. The molecule has 0 radical (unpaired) electrons. The Morgan fingerprint density at radius 1 is 1.25 bits per heavy atom. The van der Waals surface area contributed by atoms with Crippen molar-refractivity contribution in [1.29, 1.82) is 0 Å². The number of hydrogen-bond acceptors (Lipinski definition) is 6. The minimum atomic E-state index is -2.70. The average Bonchev–Trinajstić information content (AvgIpc) is 2.96. The zero-order valence-corrected chi connectivity index (χ0v) is 12.2. The van der Waals surface area contributed by atoms with Crippen LogP contribution in [0, 0.1) is 0 Å². The molecule has 1 aliphatic rings. The molecule has 0 aliphatic carbocycles. The molecule has 0 aromatic carbocycles. The van der Waals surface area contributed by atoms with Crippen LogP contribution in [-0.2, 0) is 0 Å². The van der Waals surface area contributed by atoms with Crippen LogP contribution >= 0.6 is 0 Å². The van der Waals surface area contributed by atoms with Gasteiger partial charge in [-0.15, -0.1) is 10.2 Å². The molecule has 0 bridgehead atoms. The van der Waals surface area contributed by atoms with Gasteiger partial charge in [0.2, 0.25) is 0 Å². The monoisotopic (exact) mass is 331 g/mol. The minimum Gasteiger partial charge on any atom is -0.343 e. The Morgan fingerprint density at radius 2 is 2.08 bits per heavy atom. The second kappa shape index (κ2) is 5.18. The Kier molecular flexibility index (Phi) is 3.12. The predicted octanol–water partition coefficient (Wildman–Crippen LogP) is 1.23. The molecule has 24 heavy (non-hydrogen) atoms. The largest absolute Gasteiger partial charge is 0.343 e. The molecule has 0 unspecified atom stereocenters. The van der Waals surface area contributed by atoms with E-state index in [1.165, 1.54) is 21.8 Å². The standard InChI is InChI=1S/C14H11F2N7O/c15-14(16)7-22(8-14)12-4-3-11-17-6-9(23(11)21-12)13(24)19-10-2-1-5-18-20-10/h1-6H,7-8H2,(H,19,20,24). The van der Waals surface area contributed by atoms with Crippen molar-refractivity contribution in [3.05, 3.63) is 42.4 Å². The first kappa shape index (κ1) is 14.4. The number of imidazole rings is 1. The van der Waals surface area contributed by atoms with Crippen molar-refractivity contribution in [1.82, 2.24) is 24.8 Å². The number of anilines is 2. The summed E-state index contributed by atoms with van der Waals surface area (Å²) in [6.07, 6.45) is 2.85. The number of halogens is 2. The third-order valence-electron chi connectivity index (χ3n) is 3.56. The van der Waals surface area contributed by atoms with Crippen molar-refractivity contribution in [3.8, 4) is 0 Å². The van der Waals surface area contributed by atoms with Crippen LogP contribution in [0.2, 0.25) is 0 Å². The number of rotatable bonds is 3. The molecule has 3 aromatic rings. The molecular weight excluding hydrogens is 320 g/mol. The van der Waals surface area contributed by atoms with Gasteiger partial charge in [0, 0.05) is 6.20 Å². The Balaban J connectivity index is 1.62. The molecule has 4 rings (SSSR count). The van der Waals surface area contributed by atoms with Crippen LogP contribution in [0.5, 0.6) is 0 Å². The van der Waals surface area contributed by atoms with E-state index >= 15 is 0 Å². The third kappa shape index (κ3) is 2.51. The van der Waals surface area contributed by atoms with Crippen molar-refractivity contribution < 1.29 is 13.6 Å². The summed E-state index contributed by atoms with van der Waals surface area (Å²) in [7, 11) is 0. The lowest BCUT2D eigenvalue weighted by Crippen LogP contribution is -2.56. The highest BCUT2D eigenvalue weighted by Crippen LogP contribution is 2.30. The second-order valence-corrected chi connectivity index (χ2v) is 5.38. The summed E-state index contributed by atoms with van der Waals surface area (Å²) in [5, 5.41) is 14.3. The smallest absolute Gasteiger partial charge is 0.282 e. The molecule has 1 saturated heterocycles. The number of carbonyl (C=O) groups is 1. The number of carbonyl (C=O) groups excluding carboxylic acids is 1. The second-order valence-electron chi connectivity index (χ2n) is 5.38. The number of fused-ring (bicyclic) bond motifs is 1. The average molecular weight is 331 g/mol. The van der Waals surface area contributed by atoms with Gasteiger partial charge in [-0.1, -0.05) is 0 Å². The molecular formula is C14H11F2N7O. The van der Waals surface area contributed by atoms with E-state index in [0.29, 0.717) is 11.5 Å². The molecule has 8 nitrogen and oxygen atoms in total. The lowest BCUT2D eigenvalue weighted by atomic mass is 10.1. The maximum absolute atomic E-state index is 13.0. The maximum Gasteiger partial charge on any atom is 0.282 e. The summed E-state index contributed by atoms with van der Waals surface area (Å²) >= 11 is 0. The summed E-state index contributed by atoms with van der Waals surface area (Å²) in [4.78, 5) is 17.9. The summed E-state index contributed by atoms with van der Waals surface area (Å²) in [6, 6.07) is 6.45. The van der Waals surface area contributed by atoms with Gasteiger partial charge in [0.15, 0.2) is 17.2 Å². The van der Waals surface area contributed by atoms with Gasteiger partial charge in [-0.2, -0.15) is 5.10 Å². The Morgan fingerprint density at radius 3 is 2.79 bits per heavy atom.